The van der Waals surface area contributed by atoms with Crippen molar-refractivity contribution >= 4 is 11.9 Å². The molecule has 0 aliphatic carbocycles. The lowest BCUT2D eigenvalue weighted by Crippen LogP contribution is -2.61. The number of aliphatic hydroxyl groups is 7. The molecule has 15 heteroatoms. The number of unbranched alkanes of at least 4 members (excludes halogenated alkanes) is 26. The van der Waals surface area contributed by atoms with Gasteiger partial charge in [0.25, 0.3) is 0 Å². The molecule has 7 N–H and O–H groups in total. The van der Waals surface area contributed by atoms with Crippen LogP contribution in [-0.4, -0.2) is 142 Å². The third-order valence-corrected chi connectivity index (χ3v) is 13.4. The highest BCUT2D eigenvalue weighted by Crippen LogP contribution is 2.27. The van der Waals surface area contributed by atoms with Crippen molar-refractivity contribution in [2.75, 3.05) is 26.4 Å². The summed E-state index contributed by atoms with van der Waals surface area (Å²) in [5, 5.41) is 72.2. The number of aliphatic hydroxyl groups excluding tert-OH is 7. The van der Waals surface area contributed by atoms with E-state index in [9.17, 15) is 45.3 Å². The summed E-state index contributed by atoms with van der Waals surface area (Å²) in [5.41, 5.74) is 0. The van der Waals surface area contributed by atoms with E-state index in [1.807, 2.05) is 0 Å². The molecule has 2 aliphatic heterocycles. The Kier molecular flexibility index (Phi) is 38.8. The van der Waals surface area contributed by atoms with Gasteiger partial charge in [0.15, 0.2) is 18.7 Å². The topological polar surface area (TPSA) is 231 Å². The van der Waals surface area contributed by atoms with Gasteiger partial charge >= 0.3 is 11.9 Å². The third-order valence-electron chi connectivity index (χ3n) is 13.4. The van der Waals surface area contributed by atoms with Gasteiger partial charge < -0.3 is 64.2 Å². The van der Waals surface area contributed by atoms with Crippen molar-refractivity contribution in [1.82, 2.24) is 0 Å². The highest BCUT2D eigenvalue weighted by Gasteiger charge is 2.47. The Morgan fingerprint density at radius 3 is 1.37 bits per heavy atom. The minimum atomic E-state index is -1.77. The van der Waals surface area contributed by atoms with E-state index in [0.717, 1.165) is 64.2 Å². The predicted molar refractivity (Wildman–Crippen MR) is 271 cm³/mol. The van der Waals surface area contributed by atoms with Crippen LogP contribution in [0.3, 0.4) is 0 Å². The first-order valence-electron chi connectivity index (χ1n) is 27.9. The van der Waals surface area contributed by atoms with E-state index in [0.29, 0.717) is 12.8 Å². The smallest absolute Gasteiger partial charge is 0.306 e. The van der Waals surface area contributed by atoms with Crippen LogP contribution in [0.5, 0.6) is 0 Å². The second-order valence-corrected chi connectivity index (χ2v) is 19.8. The molecule has 0 aromatic carbocycles. The first-order valence-corrected chi connectivity index (χ1v) is 27.9. The Morgan fingerprint density at radius 1 is 0.457 bits per heavy atom. The Bertz CT molecular complexity index is 1310. The number of carbonyl (C=O) groups is 2. The van der Waals surface area contributed by atoms with E-state index >= 15 is 0 Å². The minimum Gasteiger partial charge on any atom is -0.462 e. The predicted octanol–water partition coefficient (Wildman–Crippen LogP) is 8.72. The quantitative estimate of drug-likeness (QED) is 0.0172. The minimum absolute atomic E-state index is 0.152. The van der Waals surface area contributed by atoms with Crippen molar-refractivity contribution in [2.24, 2.45) is 0 Å². The molecular formula is C55H100O15. The Balaban J connectivity index is 1.75. The van der Waals surface area contributed by atoms with E-state index in [4.69, 9.17) is 28.4 Å². The van der Waals surface area contributed by atoms with Gasteiger partial charge in [-0.3, -0.25) is 9.59 Å². The van der Waals surface area contributed by atoms with Crippen LogP contribution in [0.4, 0.5) is 0 Å². The van der Waals surface area contributed by atoms with Crippen molar-refractivity contribution in [3.8, 4) is 0 Å². The molecule has 0 amide bonds. The second kappa shape index (κ2) is 42.3. The van der Waals surface area contributed by atoms with Crippen LogP contribution < -0.4 is 0 Å². The average molecular weight is 1000 g/mol. The zero-order valence-corrected chi connectivity index (χ0v) is 43.5. The lowest BCUT2D eigenvalue weighted by Gasteiger charge is -2.42. The molecule has 410 valence electrons. The van der Waals surface area contributed by atoms with Crippen molar-refractivity contribution < 1.29 is 73.8 Å². The van der Waals surface area contributed by atoms with Gasteiger partial charge in [0.05, 0.1) is 19.8 Å². The lowest BCUT2D eigenvalue weighted by molar-refractivity contribution is -0.332. The maximum absolute atomic E-state index is 13.0. The van der Waals surface area contributed by atoms with Gasteiger partial charge in [-0.2, -0.15) is 0 Å². The zero-order valence-electron chi connectivity index (χ0n) is 43.5. The fourth-order valence-electron chi connectivity index (χ4n) is 8.82. The molecule has 0 saturated carbocycles. The van der Waals surface area contributed by atoms with Gasteiger partial charge in [-0.05, 0) is 38.5 Å². The van der Waals surface area contributed by atoms with Gasteiger partial charge in [-0.25, -0.2) is 0 Å². The van der Waals surface area contributed by atoms with Crippen molar-refractivity contribution in [3.05, 3.63) is 24.3 Å². The highest BCUT2D eigenvalue weighted by molar-refractivity contribution is 5.70. The van der Waals surface area contributed by atoms with Gasteiger partial charge in [-0.15, -0.1) is 0 Å². The molecule has 0 bridgehead atoms. The van der Waals surface area contributed by atoms with Crippen LogP contribution in [0, 0.1) is 0 Å². The van der Waals surface area contributed by atoms with Crippen LogP contribution in [0.1, 0.15) is 219 Å². The zero-order chi connectivity index (χ0) is 51.0. The Labute approximate surface area is 422 Å². The number of ether oxygens (including phenoxy) is 6. The molecule has 70 heavy (non-hydrogen) atoms. The molecule has 0 aromatic rings. The fraction of sp³-hybridized carbons (Fsp3) is 0.891. The third kappa shape index (κ3) is 29.6. The van der Waals surface area contributed by atoms with Gasteiger partial charge in [0.1, 0.15) is 55.4 Å². The Morgan fingerprint density at radius 2 is 0.871 bits per heavy atom. The van der Waals surface area contributed by atoms with Crippen molar-refractivity contribution in [1.29, 1.82) is 0 Å². The number of esters is 2. The Hall–Kier alpha value is -2.02. The molecule has 11 atom stereocenters. The number of carbonyl (C=O) groups excluding carboxylic acids is 2. The van der Waals surface area contributed by atoms with Crippen molar-refractivity contribution in [3.63, 3.8) is 0 Å². The molecule has 4 unspecified atom stereocenters. The van der Waals surface area contributed by atoms with E-state index < -0.39 is 92.7 Å². The van der Waals surface area contributed by atoms with Crippen LogP contribution in [-0.2, 0) is 38.0 Å². The maximum atomic E-state index is 13.0. The maximum Gasteiger partial charge on any atom is 0.306 e. The molecule has 2 heterocycles. The largest absolute Gasteiger partial charge is 0.462 e. The van der Waals surface area contributed by atoms with E-state index in [-0.39, 0.29) is 26.1 Å². The molecule has 0 aromatic heterocycles. The standard InChI is InChI=1S/C55H100O15/c1-3-5-7-9-11-13-15-17-19-20-21-22-23-24-26-27-29-31-33-35-37-46(57)65-40-43(68-47(58)38-36-34-32-30-28-25-18-16-14-12-10-8-6-4-2)41-66-54-53(64)51(62)49(60)45(70-54)42-67-55-52(63)50(61)48(59)44(39-56)69-55/h10,12,16,18,43-45,48-56,59-64H,3-9,11,13-15,17,19-42H2,1-2H3/b12-10+,18-16+/t43-,44+,45+,48-,49-,50?,51?,52?,53?,54+,55+/m0/s1. The molecule has 2 aliphatic rings. The second-order valence-electron chi connectivity index (χ2n) is 19.8. The van der Waals surface area contributed by atoms with Crippen LogP contribution >= 0.6 is 0 Å². The summed E-state index contributed by atoms with van der Waals surface area (Å²) >= 11 is 0. The number of hydrogen-bond donors (Lipinski definition) is 7. The number of allylic oxidation sites excluding steroid dienone is 4. The molecule has 0 spiro atoms. The van der Waals surface area contributed by atoms with Gasteiger partial charge in [0.2, 0.25) is 0 Å². The van der Waals surface area contributed by atoms with Gasteiger partial charge in [-0.1, -0.05) is 192 Å². The summed E-state index contributed by atoms with van der Waals surface area (Å²) in [4.78, 5) is 25.8. The molecular weight excluding hydrogens is 901 g/mol. The molecule has 15 nitrogen and oxygen atoms in total. The van der Waals surface area contributed by atoms with E-state index in [1.54, 1.807) is 0 Å². The molecule has 2 fully saturated rings. The van der Waals surface area contributed by atoms with E-state index in [1.165, 1.54) is 116 Å². The summed E-state index contributed by atoms with van der Waals surface area (Å²) in [6, 6.07) is 0. The summed E-state index contributed by atoms with van der Waals surface area (Å²) in [6.07, 6.45) is 27.8. The molecule has 2 saturated heterocycles. The summed E-state index contributed by atoms with van der Waals surface area (Å²) in [7, 11) is 0. The SMILES string of the molecule is CCCC/C=C/C/C=C/CCCCCCCC(=O)O[C@@H](COC(=O)CCCCCCCCCCCCCCCCCCCCCC)CO[C@@H]1O[C@H](CO[C@@H]2O[C@H](CO)[C@H](O)C(O)C2O)[C@H](O)C(O)C1O. The fourth-order valence-corrected chi connectivity index (χ4v) is 8.82. The van der Waals surface area contributed by atoms with Crippen LogP contribution in [0.2, 0.25) is 0 Å². The average Bonchev–Trinajstić information content (AvgIpc) is 3.35. The first kappa shape index (κ1) is 64.1. The number of rotatable bonds is 44. The highest BCUT2D eigenvalue weighted by atomic mass is 16.7. The first-order chi connectivity index (χ1) is 34.0. The summed E-state index contributed by atoms with van der Waals surface area (Å²) in [6.45, 7) is 2.57. The van der Waals surface area contributed by atoms with Crippen LogP contribution in [0.15, 0.2) is 24.3 Å². The molecule has 2 rings (SSSR count). The lowest BCUT2D eigenvalue weighted by atomic mass is 9.98. The normalized spacial score (nSPS) is 25.5. The number of hydrogen-bond acceptors (Lipinski definition) is 15. The van der Waals surface area contributed by atoms with Gasteiger partial charge in [0, 0.05) is 12.8 Å². The van der Waals surface area contributed by atoms with Crippen molar-refractivity contribution in [2.45, 2.75) is 287 Å². The molecule has 0 radical (unpaired) electrons. The summed E-state index contributed by atoms with van der Waals surface area (Å²) in [5.74, 6) is -0.931. The monoisotopic (exact) mass is 1000 g/mol. The summed E-state index contributed by atoms with van der Waals surface area (Å²) < 4.78 is 33.6. The van der Waals surface area contributed by atoms with Crippen LogP contribution in [0.25, 0.3) is 0 Å². The van der Waals surface area contributed by atoms with E-state index in [2.05, 4.69) is 38.2 Å².